The normalized spacial score (nSPS) is 18.5. The van der Waals surface area contributed by atoms with E-state index in [9.17, 15) is 0 Å². The number of nitrogens with zero attached hydrogens (tertiary/aromatic N) is 4. The summed E-state index contributed by atoms with van der Waals surface area (Å²) in [6, 6.07) is 2.13. The van der Waals surface area contributed by atoms with Crippen molar-refractivity contribution in [1.82, 2.24) is 14.8 Å². The van der Waals surface area contributed by atoms with Gasteiger partial charge in [-0.05, 0) is 6.54 Å². The van der Waals surface area contributed by atoms with Gasteiger partial charge in [0.1, 0.15) is 16.0 Å². The number of rotatable bonds is 3. The molecule has 0 aromatic carbocycles. The lowest BCUT2D eigenvalue weighted by Crippen LogP contribution is -2.45. The third-order valence-corrected chi connectivity index (χ3v) is 3.82. The van der Waals surface area contributed by atoms with E-state index >= 15 is 0 Å². The first-order chi connectivity index (χ1) is 7.81. The predicted molar refractivity (Wildman–Crippen MR) is 64.2 cm³/mol. The molecular weight excluding hydrogens is 220 g/mol. The van der Waals surface area contributed by atoms with Crippen LogP contribution < -0.4 is 0 Å². The Bertz CT molecular complexity index is 374. The lowest BCUT2D eigenvalue weighted by Gasteiger charge is -2.33. The highest BCUT2D eigenvalue weighted by Gasteiger charge is 2.16. The molecule has 0 amide bonds. The van der Waals surface area contributed by atoms with Crippen LogP contribution >= 0.6 is 11.3 Å². The van der Waals surface area contributed by atoms with Crippen LogP contribution in [0.25, 0.3) is 0 Å². The first-order valence-electron chi connectivity index (χ1n) is 5.61. The van der Waals surface area contributed by atoms with Gasteiger partial charge in [0.05, 0.1) is 12.7 Å². The van der Waals surface area contributed by atoms with Crippen LogP contribution in [0, 0.1) is 11.3 Å². The van der Waals surface area contributed by atoms with Crippen LogP contribution in [0.3, 0.4) is 0 Å². The minimum absolute atomic E-state index is 0.710. The summed E-state index contributed by atoms with van der Waals surface area (Å²) in [6.07, 6.45) is 1.67. The van der Waals surface area contributed by atoms with Crippen molar-refractivity contribution in [2.75, 3.05) is 32.7 Å². The summed E-state index contributed by atoms with van der Waals surface area (Å²) >= 11 is 1.51. The smallest absolute Gasteiger partial charge is 0.124 e. The second-order valence-electron chi connectivity index (χ2n) is 3.94. The van der Waals surface area contributed by atoms with Gasteiger partial charge in [0.25, 0.3) is 0 Å². The summed E-state index contributed by atoms with van der Waals surface area (Å²) in [5.74, 6) is 0. The lowest BCUT2D eigenvalue weighted by atomic mass is 10.3. The van der Waals surface area contributed by atoms with E-state index in [1.54, 1.807) is 6.20 Å². The molecule has 0 spiro atoms. The molecule has 1 fully saturated rings. The summed E-state index contributed by atoms with van der Waals surface area (Å²) in [5.41, 5.74) is 0. The number of piperazine rings is 1. The van der Waals surface area contributed by atoms with Crippen molar-refractivity contribution in [3.63, 3.8) is 0 Å². The van der Waals surface area contributed by atoms with Gasteiger partial charge < -0.3 is 4.90 Å². The van der Waals surface area contributed by atoms with E-state index in [0.29, 0.717) is 4.88 Å². The number of likely N-dealkylation sites (N-methyl/N-ethyl adjacent to an activating group) is 1. The molecule has 1 aromatic heterocycles. The molecule has 2 heterocycles. The standard InChI is InChI=1S/C11H16N4S/c1-2-14-3-5-15(6-4-14)9-11-13-8-10(7-12)16-11/h8H,2-6,9H2,1H3. The zero-order valence-corrected chi connectivity index (χ0v) is 10.3. The van der Waals surface area contributed by atoms with E-state index in [2.05, 4.69) is 27.8 Å². The van der Waals surface area contributed by atoms with Crippen molar-refractivity contribution in [3.8, 4) is 6.07 Å². The van der Waals surface area contributed by atoms with E-state index in [1.807, 2.05) is 0 Å². The van der Waals surface area contributed by atoms with E-state index in [0.717, 1.165) is 44.3 Å². The Kier molecular flexibility index (Phi) is 3.88. The highest BCUT2D eigenvalue weighted by Crippen LogP contribution is 2.14. The van der Waals surface area contributed by atoms with Gasteiger partial charge in [-0.3, -0.25) is 4.90 Å². The molecule has 1 aromatic rings. The van der Waals surface area contributed by atoms with Gasteiger partial charge in [-0.2, -0.15) is 5.26 Å². The molecule has 5 heteroatoms. The molecule has 1 aliphatic rings. The summed E-state index contributed by atoms with van der Waals surface area (Å²) in [4.78, 5) is 9.84. The molecule has 0 N–H and O–H groups in total. The van der Waals surface area contributed by atoms with Crippen molar-refractivity contribution in [1.29, 1.82) is 5.26 Å². The fourth-order valence-electron chi connectivity index (χ4n) is 1.89. The van der Waals surface area contributed by atoms with Crippen LogP contribution in [0.15, 0.2) is 6.20 Å². The molecule has 0 aliphatic carbocycles. The fourth-order valence-corrected chi connectivity index (χ4v) is 2.65. The van der Waals surface area contributed by atoms with E-state index in [1.165, 1.54) is 11.3 Å². The molecule has 0 bridgehead atoms. The Morgan fingerprint density at radius 3 is 2.62 bits per heavy atom. The Balaban J connectivity index is 1.85. The van der Waals surface area contributed by atoms with Crippen molar-refractivity contribution >= 4 is 11.3 Å². The molecule has 2 rings (SSSR count). The van der Waals surface area contributed by atoms with Gasteiger partial charge in [-0.25, -0.2) is 4.98 Å². The van der Waals surface area contributed by atoms with Crippen LogP contribution in [-0.4, -0.2) is 47.5 Å². The predicted octanol–water partition coefficient (Wildman–Crippen LogP) is 1.15. The average Bonchev–Trinajstić information content (AvgIpc) is 2.78. The number of thiazole rings is 1. The fraction of sp³-hybridized carbons (Fsp3) is 0.636. The molecule has 0 saturated carbocycles. The molecule has 16 heavy (non-hydrogen) atoms. The largest absolute Gasteiger partial charge is 0.301 e. The summed E-state index contributed by atoms with van der Waals surface area (Å²) in [5, 5.41) is 9.78. The minimum Gasteiger partial charge on any atom is -0.301 e. The van der Waals surface area contributed by atoms with Crippen LogP contribution in [0.4, 0.5) is 0 Å². The van der Waals surface area contributed by atoms with Crippen molar-refractivity contribution in [2.24, 2.45) is 0 Å². The highest BCUT2D eigenvalue weighted by molar-refractivity contribution is 7.12. The molecular formula is C11H16N4S. The van der Waals surface area contributed by atoms with Gasteiger partial charge in [0.15, 0.2) is 0 Å². The molecule has 0 radical (unpaired) electrons. The summed E-state index contributed by atoms with van der Waals surface area (Å²) < 4.78 is 0. The van der Waals surface area contributed by atoms with Gasteiger partial charge in [0.2, 0.25) is 0 Å². The first-order valence-corrected chi connectivity index (χ1v) is 6.43. The van der Waals surface area contributed by atoms with Crippen LogP contribution in [0.1, 0.15) is 16.8 Å². The molecule has 1 saturated heterocycles. The van der Waals surface area contributed by atoms with E-state index < -0.39 is 0 Å². The zero-order chi connectivity index (χ0) is 11.4. The SMILES string of the molecule is CCN1CCN(Cc2ncc(C#N)s2)CC1. The average molecular weight is 236 g/mol. The van der Waals surface area contributed by atoms with Gasteiger partial charge in [-0.15, -0.1) is 11.3 Å². The van der Waals surface area contributed by atoms with Gasteiger partial charge >= 0.3 is 0 Å². The van der Waals surface area contributed by atoms with Crippen LogP contribution in [-0.2, 0) is 6.54 Å². The van der Waals surface area contributed by atoms with Crippen LogP contribution in [0.2, 0.25) is 0 Å². The topological polar surface area (TPSA) is 43.2 Å². The van der Waals surface area contributed by atoms with E-state index in [4.69, 9.17) is 5.26 Å². The third kappa shape index (κ3) is 2.79. The van der Waals surface area contributed by atoms with E-state index in [-0.39, 0.29) is 0 Å². The maximum absolute atomic E-state index is 8.72. The lowest BCUT2D eigenvalue weighted by molar-refractivity contribution is 0.132. The van der Waals surface area contributed by atoms with Crippen molar-refractivity contribution in [3.05, 3.63) is 16.1 Å². The maximum Gasteiger partial charge on any atom is 0.124 e. The summed E-state index contributed by atoms with van der Waals surface area (Å²) in [7, 11) is 0. The highest BCUT2D eigenvalue weighted by atomic mass is 32.1. The first kappa shape index (κ1) is 11.5. The van der Waals surface area contributed by atoms with Crippen molar-refractivity contribution in [2.45, 2.75) is 13.5 Å². The Morgan fingerprint density at radius 1 is 1.38 bits per heavy atom. The molecule has 0 unspecified atom stereocenters. The minimum atomic E-state index is 0.710. The molecule has 4 nitrogen and oxygen atoms in total. The molecule has 0 atom stereocenters. The molecule has 1 aliphatic heterocycles. The second-order valence-corrected chi connectivity index (χ2v) is 5.06. The number of nitriles is 1. The number of hydrogen-bond donors (Lipinski definition) is 0. The third-order valence-electron chi connectivity index (χ3n) is 2.93. The Morgan fingerprint density at radius 2 is 2.06 bits per heavy atom. The zero-order valence-electron chi connectivity index (χ0n) is 9.52. The quantitative estimate of drug-likeness (QED) is 0.789. The molecule has 86 valence electrons. The number of aromatic nitrogens is 1. The Hall–Kier alpha value is -0.960. The van der Waals surface area contributed by atoms with Gasteiger partial charge in [-0.1, -0.05) is 6.92 Å². The van der Waals surface area contributed by atoms with Crippen LogP contribution in [0.5, 0.6) is 0 Å². The van der Waals surface area contributed by atoms with Crippen molar-refractivity contribution < 1.29 is 0 Å². The second kappa shape index (κ2) is 5.39. The van der Waals surface area contributed by atoms with Gasteiger partial charge in [0, 0.05) is 26.2 Å². The monoisotopic (exact) mass is 236 g/mol. The summed E-state index contributed by atoms with van der Waals surface area (Å²) in [6.45, 7) is 8.74. The Labute approximate surface area is 100 Å². The number of hydrogen-bond acceptors (Lipinski definition) is 5. The maximum atomic E-state index is 8.72.